The molecule has 0 saturated carbocycles. The van der Waals surface area contributed by atoms with E-state index < -0.39 is 0 Å². The first-order chi connectivity index (χ1) is 22.6. The number of hydrogen-bond acceptors (Lipinski definition) is 9. The molecule has 0 aliphatic carbocycles. The quantitative estimate of drug-likeness (QED) is 0.225. The van der Waals surface area contributed by atoms with E-state index in [4.69, 9.17) is 4.98 Å². The van der Waals surface area contributed by atoms with Gasteiger partial charge in [0.15, 0.2) is 0 Å². The van der Waals surface area contributed by atoms with Gasteiger partial charge < -0.3 is 10.2 Å². The molecule has 0 bridgehead atoms. The standard InChI is InChI=1S/C34H33N9O2S/c1-2-30-37-28-10-9-24(25-13-17-46-31(25)33(44)36-20-23-6-5-14-35-19-23)18-27(28)34(45)43(30)21-22-11-15-42(16-12-22)29-8-4-3-7-26(29)32-38-40-41-39-32/h3-10,13-14,17-19,22H,2,11-12,15-16,20-21H2,1H3,(H,36,44)(H,38,39,40,41). The zero-order valence-electron chi connectivity index (χ0n) is 25.4. The number of aromatic nitrogens is 7. The Balaban J connectivity index is 1.10. The highest BCUT2D eigenvalue weighted by molar-refractivity contribution is 7.12. The lowest BCUT2D eigenvalue weighted by Gasteiger charge is -2.35. The van der Waals surface area contributed by atoms with Crippen LogP contribution in [0.1, 0.15) is 40.8 Å². The van der Waals surface area contributed by atoms with Crippen molar-refractivity contribution in [3.63, 3.8) is 0 Å². The number of aromatic amines is 1. The molecule has 6 aromatic rings. The molecule has 5 heterocycles. The maximum Gasteiger partial charge on any atom is 0.262 e. The second-order valence-corrected chi connectivity index (χ2v) is 12.3. The molecule has 4 aromatic heterocycles. The molecule has 1 aliphatic rings. The van der Waals surface area contributed by atoms with E-state index >= 15 is 0 Å². The van der Waals surface area contributed by atoms with E-state index in [1.807, 2.05) is 71.5 Å². The summed E-state index contributed by atoms with van der Waals surface area (Å²) in [6.07, 6.45) is 6.00. The van der Waals surface area contributed by atoms with Crippen molar-refractivity contribution in [2.75, 3.05) is 18.0 Å². The maximum absolute atomic E-state index is 14.1. The van der Waals surface area contributed by atoms with E-state index in [9.17, 15) is 9.59 Å². The second-order valence-electron chi connectivity index (χ2n) is 11.4. The number of nitrogens with one attached hydrogen (secondary N) is 2. The summed E-state index contributed by atoms with van der Waals surface area (Å²) in [7, 11) is 0. The van der Waals surface area contributed by atoms with Crippen LogP contribution < -0.4 is 15.8 Å². The van der Waals surface area contributed by atoms with Crippen LogP contribution in [0.5, 0.6) is 0 Å². The van der Waals surface area contributed by atoms with Crippen molar-refractivity contribution >= 4 is 33.8 Å². The van der Waals surface area contributed by atoms with Crippen molar-refractivity contribution in [1.82, 2.24) is 40.5 Å². The van der Waals surface area contributed by atoms with Gasteiger partial charge in [0.2, 0.25) is 5.82 Å². The average Bonchev–Trinajstić information content (AvgIpc) is 3.83. The van der Waals surface area contributed by atoms with Crippen molar-refractivity contribution in [1.29, 1.82) is 0 Å². The van der Waals surface area contributed by atoms with Gasteiger partial charge >= 0.3 is 0 Å². The lowest BCUT2D eigenvalue weighted by molar-refractivity contribution is 0.0955. The Morgan fingerprint density at radius 3 is 2.72 bits per heavy atom. The van der Waals surface area contributed by atoms with E-state index in [-0.39, 0.29) is 11.5 Å². The third-order valence-electron chi connectivity index (χ3n) is 8.59. The van der Waals surface area contributed by atoms with Gasteiger partial charge in [-0.15, -0.1) is 21.5 Å². The van der Waals surface area contributed by atoms with Gasteiger partial charge in [0.25, 0.3) is 11.5 Å². The van der Waals surface area contributed by atoms with Gasteiger partial charge in [-0.3, -0.25) is 19.1 Å². The Hall–Kier alpha value is -5.23. The normalized spacial score (nSPS) is 13.7. The number of aryl methyl sites for hydroxylation is 1. The van der Waals surface area contributed by atoms with E-state index in [1.54, 1.807) is 12.4 Å². The number of anilines is 1. The fraction of sp³-hybridized carbons (Fsp3) is 0.265. The van der Waals surface area contributed by atoms with E-state index in [1.165, 1.54) is 11.3 Å². The van der Waals surface area contributed by atoms with Gasteiger partial charge in [-0.2, -0.15) is 5.21 Å². The lowest BCUT2D eigenvalue weighted by Crippen LogP contribution is -2.37. The first kappa shape index (κ1) is 29.5. The highest BCUT2D eigenvalue weighted by Crippen LogP contribution is 2.33. The molecule has 1 fully saturated rings. The van der Waals surface area contributed by atoms with Crippen molar-refractivity contribution in [2.45, 2.75) is 39.3 Å². The summed E-state index contributed by atoms with van der Waals surface area (Å²) in [5.74, 6) is 1.56. The number of nitrogens with zero attached hydrogens (tertiary/aromatic N) is 7. The SMILES string of the molecule is CCc1nc2ccc(-c3ccsc3C(=O)NCc3cccnc3)cc2c(=O)n1CC1CCN(c2ccccc2-c2nn[nH]n2)CC1. The number of rotatable bonds is 9. The van der Waals surface area contributed by atoms with Crippen molar-refractivity contribution in [3.05, 3.63) is 105 Å². The third kappa shape index (κ3) is 5.91. The Labute approximate surface area is 269 Å². The number of amides is 1. The molecular formula is C34H33N9O2S. The minimum absolute atomic E-state index is 0.0357. The summed E-state index contributed by atoms with van der Waals surface area (Å²) in [5, 5.41) is 20.1. The number of thiophene rings is 1. The summed E-state index contributed by atoms with van der Waals surface area (Å²) in [6.45, 7) is 4.78. The molecule has 46 heavy (non-hydrogen) atoms. The largest absolute Gasteiger partial charge is 0.371 e. The van der Waals surface area contributed by atoms with Crippen molar-refractivity contribution in [2.24, 2.45) is 5.92 Å². The number of fused-ring (bicyclic) bond motifs is 1. The number of piperidine rings is 1. The van der Waals surface area contributed by atoms with E-state index in [2.05, 4.69) is 41.9 Å². The molecule has 0 atom stereocenters. The summed E-state index contributed by atoms with van der Waals surface area (Å²) in [6, 6.07) is 19.6. The zero-order chi connectivity index (χ0) is 31.5. The first-order valence-corrected chi connectivity index (χ1v) is 16.3. The molecular weight excluding hydrogens is 599 g/mol. The molecule has 12 heteroatoms. The van der Waals surface area contributed by atoms with Crippen LogP contribution in [-0.2, 0) is 19.5 Å². The number of tetrazole rings is 1. The smallest absolute Gasteiger partial charge is 0.262 e. The number of benzene rings is 2. The molecule has 11 nitrogen and oxygen atoms in total. The van der Waals surface area contributed by atoms with Crippen LogP contribution in [0.3, 0.4) is 0 Å². The van der Waals surface area contributed by atoms with Crippen molar-refractivity contribution < 1.29 is 4.79 Å². The van der Waals surface area contributed by atoms with Crippen LogP contribution in [0.2, 0.25) is 0 Å². The molecule has 0 unspecified atom stereocenters. The minimum atomic E-state index is -0.155. The predicted molar refractivity (Wildman–Crippen MR) is 179 cm³/mol. The lowest BCUT2D eigenvalue weighted by atomic mass is 9.95. The van der Waals surface area contributed by atoms with Crippen LogP contribution in [0.25, 0.3) is 33.4 Å². The number of hydrogen-bond donors (Lipinski definition) is 2. The third-order valence-corrected chi connectivity index (χ3v) is 9.51. The molecule has 0 spiro atoms. The number of carbonyl (C=O) groups is 1. The highest BCUT2D eigenvalue weighted by atomic mass is 32.1. The van der Waals surface area contributed by atoms with Crippen LogP contribution in [0.4, 0.5) is 5.69 Å². The average molecular weight is 632 g/mol. The molecule has 2 N–H and O–H groups in total. The predicted octanol–water partition coefficient (Wildman–Crippen LogP) is 5.11. The molecule has 0 radical (unpaired) electrons. The van der Waals surface area contributed by atoms with Crippen LogP contribution in [0.15, 0.2) is 83.2 Å². The fourth-order valence-corrected chi connectivity index (χ4v) is 7.03. The van der Waals surface area contributed by atoms with Gasteiger partial charge in [0, 0.05) is 61.8 Å². The number of pyridine rings is 1. The number of H-pyrrole nitrogens is 1. The second kappa shape index (κ2) is 13.0. The Kier molecular flexibility index (Phi) is 8.34. The van der Waals surface area contributed by atoms with Gasteiger partial charge in [-0.05, 0) is 76.9 Å². The van der Waals surface area contributed by atoms with Gasteiger partial charge in [-0.1, -0.05) is 31.2 Å². The van der Waals surface area contributed by atoms with Crippen molar-refractivity contribution in [3.8, 4) is 22.5 Å². The molecule has 7 rings (SSSR count). The van der Waals surface area contributed by atoms with Crippen LogP contribution in [-0.4, -0.2) is 54.2 Å². The topological polar surface area (TPSA) is 135 Å². The van der Waals surface area contributed by atoms with Crippen LogP contribution >= 0.6 is 11.3 Å². The van der Waals surface area contributed by atoms with E-state index in [0.29, 0.717) is 47.0 Å². The molecule has 1 aliphatic heterocycles. The Bertz CT molecular complexity index is 2030. The van der Waals surface area contributed by atoms with Crippen LogP contribution in [0, 0.1) is 5.92 Å². The summed E-state index contributed by atoms with van der Waals surface area (Å²) in [4.78, 5) is 39.2. The molecule has 2 aromatic carbocycles. The van der Waals surface area contributed by atoms with Gasteiger partial charge in [0.05, 0.1) is 15.8 Å². The molecule has 1 amide bonds. The maximum atomic E-state index is 14.1. The Morgan fingerprint density at radius 1 is 1.07 bits per heavy atom. The first-order valence-electron chi connectivity index (χ1n) is 15.4. The van der Waals surface area contributed by atoms with Gasteiger partial charge in [-0.25, -0.2) is 4.98 Å². The summed E-state index contributed by atoms with van der Waals surface area (Å²) in [5.41, 5.74) is 5.23. The fourth-order valence-electron chi connectivity index (χ4n) is 6.20. The molecule has 232 valence electrons. The number of para-hydroxylation sites is 1. The highest BCUT2D eigenvalue weighted by Gasteiger charge is 2.24. The number of carbonyl (C=O) groups excluding carboxylic acids is 1. The summed E-state index contributed by atoms with van der Waals surface area (Å²) < 4.78 is 1.87. The van der Waals surface area contributed by atoms with Gasteiger partial charge in [0.1, 0.15) is 5.82 Å². The zero-order valence-corrected chi connectivity index (χ0v) is 26.2. The van der Waals surface area contributed by atoms with E-state index in [0.717, 1.165) is 59.7 Å². The minimum Gasteiger partial charge on any atom is -0.371 e. The molecule has 1 saturated heterocycles. The summed E-state index contributed by atoms with van der Waals surface area (Å²) >= 11 is 1.39. The monoisotopic (exact) mass is 631 g/mol. The Morgan fingerprint density at radius 2 is 1.93 bits per heavy atom.